The molecule has 0 N–H and O–H groups in total. The fourth-order valence-electron chi connectivity index (χ4n) is 6.60. The second-order valence-electron chi connectivity index (χ2n) is 9.71. The van der Waals surface area contributed by atoms with Gasteiger partial charge in [0.05, 0.1) is 0 Å². The zero-order chi connectivity index (χ0) is 24.1. The monoisotopic (exact) mass is 444 g/mol. The van der Waals surface area contributed by atoms with Crippen LogP contribution in [-0.4, -0.2) is 23.8 Å². The van der Waals surface area contributed by atoms with E-state index < -0.39 is 0 Å². The van der Waals surface area contributed by atoms with Crippen LogP contribution in [0.15, 0.2) is 71.7 Å². The number of aliphatic imine (C=N–C) groups is 1. The van der Waals surface area contributed by atoms with Crippen LogP contribution in [0, 0.1) is 22.7 Å². The van der Waals surface area contributed by atoms with Crippen LogP contribution in [0.2, 0.25) is 0 Å². The number of hydrogen-bond donors (Lipinski definition) is 0. The minimum atomic E-state index is 0.159. The van der Waals surface area contributed by atoms with Gasteiger partial charge in [0.2, 0.25) is 0 Å². The zero-order valence-corrected chi connectivity index (χ0v) is 20.2. The van der Waals surface area contributed by atoms with Crippen molar-refractivity contribution in [3.63, 3.8) is 0 Å². The van der Waals surface area contributed by atoms with E-state index in [4.69, 9.17) is 4.79 Å². The van der Waals surface area contributed by atoms with Gasteiger partial charge in [-0.05, 0) is 79.6 Å². The molecular weight excluding hydrogens is 408 g/mol. The Morgan fingerprint density at radius 3 is 2.58 bits per heavy atom. The molecule has 4 heteroatoms. The van der Waals surface area contributed by atoms with Crippen molar-refractivity contribution in [1.82, 2.24) is 4.98 Å². The first-order valence-electron chi connectivity index (χ1n) is 11.9. The van der Waals surface area contributed by atoms with Crippen LogP contribution >= 0.6 is 0 Å². The van der Waals surface area contributed by atoms with Gasteiger partial charge in [-0.15, -0.1) is 0 Å². The van der Waals surface area contributed by atoms with E-state index in [-0.39, 0.29) is 10.8 Å². The molecule has 4 aliphatic rings. The smallest absolute Gasteiger partial charge is 0.155 e. The van der Waals surface area contributed by atoms with Gasteiger partial charge in [0.25, 0.3) is 0 Å². The molecule has 5 rings (SSSR count). The van der Waals surface area contributed by atoms with Gasteiger partial charge in [-0.25, -0.2) is 0 Å². The molecule has 4 aliphatic carbocycles. The predicted octanol–water partition coefficient (Wildman–Crippen LogP) is 6.56. The molecule has 0 bridgehead atoms. The lowest BCUT2D eigenvalue weighted by Crippen LogP contribution is -2.47. The average Bonchev–Trinajstić information content (AvgIpc) is 3.19. The number of allylic oxidation sites excluding steroid dienone is 6. The van der Waals surface area contributed by atoms with Crippen LogP contribution in [0.1, 0.15) is 64.9 Å². The molecular formula is C29H36N2O2. The van der Waals surface area contributed by atoms with E-state index in [1.807, 2.05) is 38.2 Å². The molecule has 0 aromatic carbocycles. The van der Waals surface area contributed by atoms with E-state index in [0.29, 0.717) is 17.6 Å². The van der Waals surface area contributed by atoms with E-state index in [9.17, 15) is 4.79 Å². The third kappa shape index (κ3) is 4.48. The third-order valence-electron chi connectivity index (χ3n) is 8.23. The number of hydrogen-bond acceptors (Lipinski definition) is 4. The van der Waals surface area contributed by atoms with E-state index in [2.05, 4.69) is 48.6 Å². The van der Waals surface area contributed by atoms with Gasteiger partial charge >= 0.3 is 0 Å². The molecule has 2 saturated carbocycles. The van der Waals surface area contributed by atoms with Crippen LogP contribution in [0.25, 0.3) is 5.57 Å². The van der Waals surface area contributed by atoms with Crippen molar-refractivity contribution < 1.29 is 9.59 Å². The standard InChI is InChI=1S/C24H27NO.C4H7N.CH2O/c1-23-11-9-18(26)14-17(23)5-6-19-21-8-7-20(16-4-3-13-25-15-16)24(21,2)12-10-22(19)23;1-3-5-4-2;1-2/h3-4,7-8,13-15,19,22H,5-6,9-12H2,1-2H3;3-4H,1H2,2H3;1H2. The Labute approximate surface area is 198 Å². The minimum Gasteiger partial charge on any atom is -0.307 e. The highest BCUT2D eigenvalue weighted by Gasteiger charge is 2.54. The lowest BCUT2D eigenvalue weighted by molar-refractivity contribution is -0.116. The van der Waals surface area contributed by atoms with Crippen LogP contribution in [0.5, 0.6) is 0 Å². The number of carbonyl (C=O) groups is 2. The maximum absolute atomic E-state index is 12.0. The van der Waals surface area contributed by atoms with Crippen molar-refractivity contribution in [2.45, 2.75) is 59.3 Å². The third-order valence-corrected chi connectivity index (χ3v) is 8.23. The Bertz CT molecular complexity index is 1000. The molecule has 0 saturated heterocycles. The largest absolute Gasteiger partial charge is 0.307 e. The van der Waals surface area contributed by atoms with Crippen molar-refractivity contribution >= 4 is 24.4 Å². The summed E-state index contributed by atoms with van der Waals surface area (Å²) in [5.41, 5.74) is 6.19. The molecule has 174 valence electrons. The molecule has 4 atom stereocenters. The Hall–Kier alpha value is -2.88. The number of aromatic nitrogens is 1. The molecule has 0 amide bonds. The maximum Gasteiger partial charge on any atom is 0.155 e. The zero-order valence-electron chi connectivity index (χ0n) is 20.2. The molecule has 1 aromatic rings. The minimum absolute atomic E-state index is 0.159. The van der Waals surface area contributed by atoms with Crippen LogP contribution in [0.3, 0.4) is 0 Å². The topological polar surface area (TPSA) is 59.4 Å². The summed E-state index contributed by atoms with van der Waals surface area (Å²) in [4.78, 5) is 27.9. The Kier molecular flexibility index (Phi) is 7.78. The molecule has 1 aromatic heterocycles. The van der Waals surface area contributed by atoms with Crippen molar-refractivity contribution in [3.05, 3.63) is 72.2 Å². The van der Waals surface area contributed by atoms with E-state index in [1.165, 1.54) is 42.2 Å². The number of rotatable bonds is 2. The Morgan fingerprint density at radius 2 is 1.94 bits per heavy atom. The summed E-state index contributed by atoms with van der Waals surface area (Å²) in [5.74, 6) is 1.70. The SMILES string of the molecule is C=CN=CC.C=O.CC12CCC3C(CCC4=CC(=O)CCC43C)C1=CC=C2c1cccnc1. The lowest BCUT2D eigenvalue weighted by atomic mass is 9.48. The van der Waals surface area contributed by atoms with Gasteiger partial charge < -0.3 is 4.79 Å². The normalized spacial score (nSPS) is 31.8. The van der Waals surface area contributed by atoms with Crippen molar-refractivity contribution in [1.29, 1.82) is 0 Å². The Morgan fingerprint density at radius 1 is 1.15 bits per heavy atom. The van der Waals surface area contributed by atoms with E-state index >= 15 is 0 Å². The van der Waals surface area contributed by atoms with E-state index in [1.54, 1.807) is 11.8 Å². The highest BCUT2D eigenvalue weighted by Crippen LogP contribution is 2.65. The van der Waals surface area contributed by atoms with Crippen molar-refractivity contribution in [2.24, 2.45) is 27.7 Å². The highest BCUT2D eigenvalue weighted by atomic mass is 16.1. The number of pyridine rings is 1. The van der Waals surface area contributed by atoms with Crippen LogP contribution < -0.4 is 0 Å². The highest BCUT2D eigenvalue weighted by molar-refractivity contribution is 5.91. The number of fused-ring (bicyclic) bond motifs is 5. The fourth-order valence-corrected chi connectivity index (χ4v) is 6.60. The molecule has 1 heterocycles. The summed E-state index contributed by atoms with van der Waals surface area (Å²) >= 11 is 0. The van der Waals surface area contributed by atoms with Crippen molar-refractivity contribution in [3.8, 4) is 0 Å². The maximum atomic E-state index is 12.0. The first kappa shape index (κ1) is 24.8. The number of ketones is 1. The van der Waals surface area contributed by atoms with Gasteiger partial charge in [0.15, 0.2) is 5.78 Å². The molecule has 4 unspecified atom stereocenters. The summed E-state index contributed by atoms with van der Waals surface area (Å²) in [5, 5.41) is 0. The van der Waals surface area contributed by atoms with Gasteiger partial charge in [-0.3, -0.25) is 14.8 Å². The van der Waals surface area contributed by atoms with Gasteiger partial charge in [-0.2, -0.15) is 0 Å². The summed E-state index contributed by atoms with van der Waals surface area (Å²) in [7, 11) is 0. The van der Waals surface area contributed by atoms with Gasteiger partial charge in [0, 0.05) is 36.6 Å². The first-order chi connectivity index (χ1) is 15.9. The Balaban J connectivity index is 0.000000390. The van der Waals surface area contributed by atoms with Gasteiger partial charge in [0.1, 0.15) is 6.79 Å². The summed E-state index contributed by atoms with van der Waals surface area (Å²) in [6.45, 7) is 12.1. The summed E-state index contributed by atoms with van der Waals surface area (Å²) in [6.07, 6.45) is 20.4. The number of carbonyl (C=O) groups excluding carboxylic acids is 2. The molecule has 0 spiro atoms. The molecule has 2 fully saturated rings. The second-order valence-corrected chi connectivity index (χ2v) is 9.71. The average molecular weight is 445 g/mol. The first-order valence-corrected chi connectivity index (χ1v) is 11.9. The van der Waals surface area contributed by atoms with E-state index in [0.717, 1.165) is 19.3 Å². The fraction of sp³-hybridized carbons (Fsp3) is 0.448. The second kappa shape index (κ2) is 10.4. The number of nitrogens with zero attached hydrogens (tertiary/aromatic N) is 2. The molecule has 33 heavy (non-hydrogen) atoms. The molecule has 0 aliphatic heterocycles. The summed E-state index contributed by atoms with van der Waals surface area (Å²) < 4.78 is 0. The summed E-state index contributed by atoms with van der Waals surface area (Å²) in [6, 6.07) is 4.24. The predicted molar refractivity (Wildman–Crippen MR) is 136 cm³/mol. The van der Waals surface area contributed by atoms with Crippen LogP contribution in [0.4, 0.5) is 0 Å². The van der Waals surface area contributed by atoms with Gasteiger partial charge in [-0.1, -0.05) is 49.8 Å². The molecule has 4 nitrogen and oxygen atoms in total. The molecule has 0 radical (unpaired) electrons. The lowest BCUT2D eigenvalue weighted by Gasteiger charge is -2.56. The van der Waals surface area contributed by atoms with Crippen LogP contribution in [-0.2, 0) is 9.59 Å². The van der Waals surface area contributed by atoms with Crippen molar-refractivity contribution in [2.75, 3.05) is 0 Å². The quantitative estimate of drug-likeness (QED) is 0.485.